The number of fused-ring (bicyclic) bond motifs is 1. The van der Waals surface area contributed by atoms with Crippen molar-refractivity contribution in [1.29, 1.82) is 0 Å². The second-order valence-corrected chi connectivity index (χ2v) is 5.55. The molecule has 0 bridgehead atoms. The van der Waals surface area contributed by atoms with Crippen LogP contribution in [0.2, 0.25) is 0 Å². The number of ether oxygens (including phenoxy) is 1. The first-order chi connectivity index (χ1) is 10.6. The SMILES string of the molecule is COC(C)c1ccc2c(-c3ccccc3C)cc(=O)[nH]c2c1. The van der Waals surface area contributed by atoms with E-state index in [1.807, 2.05) is 25.1 Å². The molecule has 0 spiro atoms. The number of nitrogens with one attached hydrogen (secondary N) is 1. The summed E-state index contributed by atoms with van der Waals surface area (Å²) in [5.74, 6) is 0. The molecule has 1 aromatic heterocycles. The lowest BCUT2D eigenvalue weighted by molar-refractivity contribution is 0.119. The van der Waals surface area contributed by atoms with Crippen LogP contribution in [0.5, 0.6) is 0 Å². The Kier molecular flexibility index (Phi) is 3.82. The third kappa shape index (κ3) is 2.55. The van der Waals surface area contributed by atoms with Crippen LogP contribution in [0.25, 0.3) is 22.0 Å². The van der Waals surface area contributed by atoms with E-state index in [0.29, 0.717) is 0 Å². The van der Waals surface area contributed by atoms with E-state index in [0.717, 1.165) is 33.2 Å². The molecule has 1 heterocycles. The zero-order chi connectivity index (χ0) is 15.7. The van der Waals surface area contributed by atoms with Crippen LogP contribution in [0, 0.1) is 6.92 Å². The number of hydrogen-bond acceptors (Lipinski definition) is 2. The topological polar surface area (TPSA) is 42.1 Å². The van der Waals surface area contributed by atoms with Gasteiger partial charge in [0.25, 0.3) is 0 Å². The number of aryl methyl sites for hydroxylation is 1. The molecule has 0 aliphatic carbocycles. The Hall–Kier alpha value is -2.39. The van der Waals surface area contributed by atoms with E-state index in [-0.39, 0.29) is 11.7 Å². The summed E-state index contributed by atoms with van der Waals surface area (Å²) in [7, 11) is 1.68. The van der Waals surface area contributed by atoms with Gasteiger partial charge in [0.1, 0.15) is 0 Å². The van der Waals surface area contributed by atoms with Gasteiger partial charge in [0.15, 0.2) is 0 Å². The molecular weight excluding hydrogens is 274 g/mol. The summed E-state index contributed by atoms with van der Waals surface area (Å²) in [6.45, 7) is 4.05. The zero-order valence-electron chi connectivity index (χ0n) is 13.0. The van der Waals surface area contributed by atoms with Crippen LogP contribution in [0.1, 0.15) is 24.2 Å². The van der Waals surface area contributed by atoms with Crippen molar-refractivity contribution in [3.8, 4) is 11.1 Å². The van der Waals surface area contributed by atoms with Crippen molar-refractivity contribution in [1.82, 2.24) is 4.98 Å². The van der Waals surface area contributed by atoms with Gasteiger partial charge in [-0.15, -0.1) is 0 Å². The van der Waals surface area contributed by atoms with E-state index in [1.54, 1.807) is 13.2 Å². The maximum atomic E-state index is 12.1. The standard InChI is InChI=1S/C19H19NO2/c1-12-6-4-5-7-15(12)17-11-19(21)20-18-10-14(13(2)22-3)8-9-16(17)18/h4-11,13H,1-3H3,(H,20,21). The molecule has 1 atom stereocenters. The van der Waals surface area contributed by atoms with Crippen LogP contribution in [0.15, 0.2) is 53.3 Å². The van der Waals surface area contributed by atoms with Crippen molar-refractivity contribution in [2.75, 3.05) is 7.11 Å². The third-order valence-corrected chi connectivity index (χ3v) is 4.13. The molecule has 0 amide bonds. The van der Waals surface area contributed by atoms with E-state index < -0.39 is 0 Å². The third-order valence-electron chi connectivity index (χ3n) is 4.13. The summed E-state index contributed by atoms with van der Waals surface area (Å²) in [6, 6.07) is 15.9. The Morgan fingerprint density at radius 1 is 1.05 bits per heavy atom. The molecule has 3 heteroatoms. The summed E-state index contributed by atoms with van der Waals surface area (Å²) in [5.41, 5.74) is 5.01. The largest absolute Gasteiger partial charge is 0.377 e. The number of methoxy groups -OCH3 is 1. The number of aromatic nitrogens is 1. The lowest BCUT2D eigenvalue weighted by Crippen LogP contribution is -2.06. The van der Waals surface area contributed by atoms with Gasteiger partial charge in [0, 0.05) is 24.1 Å². The minimum atomic E-state index is -0.0898. The van der Waals surface area contributed by atoms with E-state index >= 15 is 0 Å². The molecule has 0 aliphatic rings. The number of hydrogen-bond donors (Lipinski definition) is 1. The molecule has 22 heavy (non-hydrogen) atoms. The van der Waals surface area contributed by atoms with Crippen LogP contribution < -0.4 is 5.56 Å². The van der Waals surface area contributed by atoms with Crippen molar-refractivity contribution >= 4 is 10.9 Å². The quantitative estimate of drug-likeness (QED) is 0.786. The molecule has 0 radical (unpaired) electrons. The Morgan fingerprint density at radius 2 is 1.82 bits per heavy atom. The number of H-pyrrole nitrogens is 1. The second-order valence-electron chi connectivity index (χ2n) is 5.55. The first kappa shape index (κ1) is 14.5. The first-order valence-corrected chi connectivity index (χ1v) is 7.36. The minimum Gasteiger partial charge on any atom is -0.377 e. The van der Waals surface area contributed by atoms with E-state index in [1.165, 1.54) is 0 Å². The van der Waals surface area contributed by atoms with Crippen molar-refractivity contribution in [2.24, 2.45) is 0 Å². The van der Waals surface area contributed by atoms with Crippen molar-refractivity contribution in [2.45, 2.75) is 20.0 Å². The summed E-state index contributed by atoms with van der Waals surface area (Å²) >= 11 is 0. The van der Waals surface area contributed by atoms with E-state index in [4.69, 9.17) is 4.74 Å². The Labute approximate surface area is 129 Å². The molecular formula is C19H19NO2. The van der Waals surface area contributed by atoms with Crippen LogP contribution >= 0.6 is 0 Å². The molecule has 0 saturated heterocycles. The minimum absolute atomic E-state index is 0.00461. The zero-order valence-corrected chi connectivity index (χ0v) is 13.0. The van der Waals surface area contributed by atoms with Gasteiger partial charge in [-0.05, 0) is 42.2 Å². The lowest BCUT2D eigenvalue weighted by atomic mass is 9.96. The van der Waals surface area contributed by atoms with Crippen LogP contribution in [-0.2, 0) is 4.74 Å². The fourth-order valence-corrected chi connectivity index (χ4v) is 2.76. The number of pyridine rings is 1. The average molecular weight is 293 g/mol. The summed E-state index contributed by atoms with van der Waals surface area (Å²) < 4.78 is 5.36. The highest BCUT2D eigenvalue weighted by molar-refractivity contribution is 5.95. The molecule has 1 unspecified atom stereocenters. The monoisotopic (exact) mass is 293 g/mol. The summed E-state index contributed by atoms with van der Waals surface area (Å²) in [5, 5.41) is 1.04. The van der Waals surface area contributed by atoms with Gasteiger partial charge < -0.3 is 9.72 Å². The van der Waals surface area contributed by atoms with Crippen molar-refractivity contribution < 1.29 is 4.74 Å². The van der Waals surface area contributed by atoms with E-state index in [9.17, 15) is 4.79 Å². The molecule has 3 rings (SSSR count). The molecule has 0 saturated carbocycles. The van der Waals surface area contributed by atoms with Gasteiger partial charge in [-0.1, -0.05) is 36.4 Å². The van der Waals surface area contributed by atoms with Crippen molar-refractivity contribution in [3.05, 3.63) is 70.0 Å². The summed E-state index contributed by atoms with van der Waals surface area (Å²) in [6.07, 6.45) is -0.00461. The lowest BCUT2D eigenvalue weighted by Gasteiger charge is -2.13. The molecule has 0 aliphatic heterocycles. The highest BCUT2D eigenvalue weighted by Gasteiger charge is 2.10. The highest BCUT2D eigenvalue weighted by Crippen LogP contribution is 2.30. The number of aromatic amines is 1. The smallest absolute Gasteiger partial charge is 0.249 e. The van der Waals surface area contributed by atoms with Gasteiger partial charge >= 0.3 is 0 Å². The Balaban J connectivity index is 2.28. The van der Waals surface area contributed by atoms with Gasteiger partial charge in [0.2, 0.25) is 5.56 Å². The van der Waals surface area contributed by atoms with Crippen molar-refractivity contribution in [3.63, 3.8) is 0 Å². The average Bonchev–Trinajstić information content (AvgIpc) is 2.53. The maximum Gasteiger partial charge on any atom is 0.249 e. The summed E-state index contributed by atoms with van der Waals surface area (Å²) in [4.78, 5) is 15.0. The van der Waals surface area contributed by atoms with Gasteiger partial charge in [0.05, 0.1) is 6.10 Å². The fourth-order valence-electron chi connectivity index (χ4n) is 2.76. The molecule has 112 valence electrons. The number of benzene rings is 2. The Morgan fingerprint density at radius 3 is 2.55 bits per heavy atom. The van der Waals surface area contributed by atoms with Crippen LogP contribution in [0.3, 0.4) is 0 Å². The Bertz CT molecular complexity index is 880. The van der Waals surface area contributed by atoms with Gasteiger partial charge in [-0.2, -0.15) is 0 Å². The predicted molar refractivity (Wildman–Crippen MR) is 90.2 cm³/mol. The van der Waals surface area contributed by atoms with Crippen LogP contribution in [0.4, 0.5) is 0 Å². The first-order valence-electron chi connectivity index (χ1n) is 7.36. The molecule has 2 aromatic carbocycles. The maximum absolute atomic E-state index is 12.1. The van der Waals surface area contributed by atoms with E-state index in [2.05, 4.69) is 36.2 Å². The second kappa shape index (κ2) is 5.78. The number of rotatable bonds is 3. The van der Waals surface area contributed by atoms with Gasteiger partial charge in [-0.3, -0.25) is 4.79 Å². The highest BCUT2D eigenvalue weighted by atomic mass is 16.5. The molecule has 3 nitrogen and oxygen atoms in total. The molecule has 0 fully saturated rings. The molecule has 3 aromatic rings. The van der Waals surface area contributed by atoms with Crippen LogP contribution in [-0.4, -0.2) is 12.1 Å². The fraction of sp³-hybridized carbons (Fsp3) is 0.211. The molecule has 1 N–H and O–H groups in total. The van der Waals surface area contributed by atoms with Gasteiger partial charge in [-0.25, -0.2) is 0 Å². The normalized spacial score (nSPS) is 12.5. The predicted octanol–water partition coefficient (Wildman–Crippen LogP) is 4.21.